The number of phenolic OH excluding ortho intramolecular Hbond substituents is 1. The number of nitro groups is 1. The van der Waals surface area contributed by atoms with E-state index in [-0.39, 0.29) is 42.4 Å². The number of phenols is 1. The molecular weight excluding hydrogens is 171 g/mol. The van der Waals surface area contributed by atoms with Gasteiger partial charge in [-0.3, -0.25) is 10.1 Å². The van der Waals surface area contributed by atoms with Crippen molar-refractivity contribution in [2.24, 2.45) is 0 Å². The van der Waals surface area contributed by atoms with Gasteiger partial charge < -0.3 is 12.3 Å². The normalized spacial score (nSPS) is 8.67. The monoisotopic (exact) mass is 178 g/mol. The largest absolute Gasteiger partial charge is 1.00 e. The molecule has 1 aromatic carbocycles. The zero-order valence-electron chi connectivity index (χ0n) is 7.52. The number of rotatable bonds is 1. The number of nitrogens with two attached hydrogens (primary N) is 1. The topological polar surface area (TPSA) is 89.4 Å². The summed E-state index contributed by atoms with van der Waals surface area (Å²) in [6, 6.07) is 3.99. The number of hydrogen-bond donors (Lipinski definition) is 2. The van der Waals surface area contributed by atoms with Gasteiger partial charge in [0.2, 0.25) is 5.75 Å². The first-order valence-corrected chi connectivity index (χ1v) is 2.85. The molecule has 0 radical (unpaired) electrons. The van der Waals surface area contributed by atoms with Crippen molar-refractivity contribution in [1.82, 2.24) is 0 Å². The van der Waals surface area contributed by atoms with Crippen LogP contribution in [0.3, 0.4) is 0 Å². The molecule has 0 bridgehead atoms. The van der Waals surface area contributed by atoms with Crippen LogP contribution in [0.15, 0.2) is 18.2 Å². The molecule has 0 atom stereocenters. The van der Waals surface area contributed by atoms with Crippen molar-refractivity contribution in [2.45, 2.75) is 0 Å². The SMILES string of the molecule is Nc1cccc([N+](=O)[O-])c1O.[H-].[Na+]. The van der Waals surface area contributed by atoms with Crippen LogP contribution in [0.4, 0.5) is 11.4 Å². The molecule has 60 valence electrons. The van der Waals surface area contributed by atoms with Gasteiger partial charge in [0.1, 0.15) is 0 Å². The molecule has 0 aromatic heterocycles. The maximum absolute atomic E-state index is 10.2. The molecular formula is C6H7N2NaO3. The van der Waals surface area contributed by atoms with Crippen LogP contribution >= 0.6 is 0 Å². The summed E-state index contributed by atoms with van der Waals surface area (Å²) >= 11 is 0. The van der Waals surface area contributed by atoms with Crippen molar-refractivity contribution < 1.29 is 41.0 Å². The molecule has 6 heteroatoms. The fourth-order valence-electron chi connectivity index (χ4n) is 0.696. The Balaban J connectivity index is 0. The second-order valence-corrected chi connectivity index (χ2v) is 1.97. The van der Waals surface area contributed by atoms with E-state index >= 15 is 0 Å². The summed E-state index contributed by atoms with van der Waals surface area (Å²) in [6.45, 7) is 0. The Morgan fingerprint density at radius 3 is 2.58 bits per heavy atom. The average molecular weight is 178 g/mol. The minimum Gasteiger partial charge on any atom is -1.00 e. The van der Waals surface area contributed by atoms with Crippen LogP contribution < -0.4 is 35.3 Å². The number of nitrogen functional groups attached to an aromatic ring is 1. The van der Waals surface area contributed by atoms with E-state index in [4.69, 9.17) is 10.8 Å². The first kappa shape index (κ1) is 11.2. The van der Waals surface area contributed by atoms with E-state index < -0.39 is 10.7 Å². The van der Waals surface area contributed by atoms with Gasteiger partial charge in [-0.2, -0.15) is 0 Å². The van der Waals surface area contributed by atoms with Gasteiger partial charge in [0.05, 0.1) is 10.6 Å². The summed E-state index contributed by atoms with van der Waals surface area (Å²) in [5.74, 6) is -0.475. The number of hydrogen-bond acceptors (Lipinski definition) is 4. The molecule has 3 N–H and O–H groups in total. The second-order valence-electron chi connectivity index (χ2n) is 1.97. The zero-order chi connectivity index (χ0) is 8.43. The first-order valence-electron chi connectivity index (χ1n) is 2.85. The van der Waals surface area contributed by atoms with Gasteiger partial charge >= 0.3 is 35.2 Å². The van der Waals surface area contributed by atoms with E-state index in [9.17, 15) is 10.1 Å². The Labute approximate surface area is 92.1 Å². The number of nitro benzene ring substituents is 1. The van der Waals surface area contributed by atoms with Crippen LogP contribution in [0, 0.1) is 10.1 Å². The molecule has 0 saturated carbocycles. The summed E-state index contributed by atoms with van der Waals surface area (Å²) in [5.41, 5.74) is 4.85. The molecule has 5 nitrogen and oxygen atoms in total. The minimum atomic E-state index is -0.689. The maximum atomic E-state index is 10.2. The van der Waals surface area contributed by atoms with Crippen molar-refractivity contribution in [3.8, 4) is 5.75 Å². The van der Waals surface area contributed by atoms with Gasteiger partial charge in [0.15, 0.2) is 0 Å². The summed E-state index contributed by atoms with van der Waals surface area (Å²) in [7, 11) is 0. The Morgan fingerprint density at radius 2 is 2.17 bits per heavy atom. The third kappa shape index (κ3) is 2.10. The van der Waals surface area contributed by atoms with E-state index in [1.807, 2.05) is 0 Å². The fourth-order valence-corrected chi connectivity index (χ4v) is 0.696. The van der Waals surface area contributed by atoms with E-state index in [1.54, 1.807) is 0 Å². The van der Waals surface area contributed by atoms with Gasteiger partial charge in [-0.25, -0.2) is 0 Å². The Morgan fingerprint density at radius 1 is 1.58 bits per heavy atom. The van der Waals surface area contributed by atoms with E-state index in [1.165, 1.54) is 18.2 Å². The Bertz CT molecular complexity index is 308. The molecule has 12 heavy (non-hydrogen) atoms. The Kier molecular flexibility index (Phi) is 4.02. The van der Waals surface area contributed by atoms with Crippen molar-refractivity contribution >= 4 is 11.4 Å². The van der Waals surface area contributed by atoms with Gasteiger partial charge in [-0.05, 0) is 6.07 Å². The zero-order valence-corrected chi connectivity index (χ0v) is 8.52. The van der Waals surface area contributed by atoms with Crippen LogP contribution in [-0.2, 0) is 0 Å². The van der Waals surface area contributed by atoms with Gasteiger partial charge in [0, 0.05) is 6.07 Å². The molecule has 1 aromatic rings. The molecule has 0 spiro atoms. The van der Waals surface area contributed by atoms with Crippen molar-refractivity contribution in [3.63, 3.8) is 0 Å². The number of aromatic hydroxyl groups is 1. The molecule has 0 heterocycles. The maximum Gasteiger partial charge on any atom is 1.00 e. The smallest absolute Gasteiger partial charge is 1.00 e. The molecule has 1 rings (SSSR count). The van der Waals surface area contributed by atoms with E-state index in [0.29, 0.717) is 0 Å². The second kappa shape index (κ2) is 4.30. The molecule has 0 unspecified atom stereocenters. The third-order valence-corrected chi connectivity index (χ3v) is 1.24. The fraction of sp³-hybridized carbons (Fsp3) is 0. The third-order valence-electron chi connectivity index (χ3n) is 1.24. The van der Waals surface area contributed by atoms with Crippen molar-refractivity contribution in [2.75, 3.05) is 5.73 Å². The molecule has 0 saturated heterocycles. The van der Waals surface area contributed by atoms with E-state index in [2.05, 4.69) is 0 Å². The summed E-state index contributed by atoms with van der Waals surface area (Å²) in [6.07, 6.45) is 0. The molecule has 0 amide bonds. The summed E-state index contributed by atoms with van der Waals surface area (Å²) in [5, 5.41) is 19.2. The number of nitrogens with zero attached hydrogens (tertiary/aromatic N) is 1. The van der Waals surface area contributed by atoms with E-state index in [0.717, 1.165) is 0 Å². The summed E-state index contributed by atoms with van der Waals surface area (Å²) in [4.78, 5) is 9.48. The molecule has 0 aliphatic carbocycles. The summed E-state index contributed by atoms with van der Waals surface area (Å²) < 4.78 is 0. The van der Waals surface area contributed by atoms with Gasteiger partial charge in [0.25, 0.3) is 0 Å². The van der Waals surface area contributed by atoms with Gasteiger partial charge in [-0.1, -0.05) is 6.07 Å². The van der Waals surface area contributed by atoms with Crippen molar-refractivity contribution in [1.29, 1.82) is 0 Å². The predicted octanol–water partition coefficient (Wildman–Crippen LogP) is -2.00. The average Bonchev–Trinajstić information content (AvgIpc) is 1.94. The van der Waals surface area contributed by atoms with Crippen molar-refractivity contribution in [3.05, 3.63) is 28.3 Å². The molecule has 0 aliphatic heterocycles. The predicted molar refractivity (Wildman–Crippen MR) is 40.3 cm³/mol. The number of para-hydroxylation sites is 1. The molecule has 0 fully saturated rings. The minimum absolute atomic E-state index is 0. The van der Waals surface area contributed by atoms with Gasteiger partial charge in [-0.15, -0.1) is 0 Å². The standard InChI is InChI=1S/C6H6N2O3.Na.H/c7-4-2-1-3-5(6(4)9)8(10)11;;/h1-3,9H,7H2;;/q;+1;-1. The van der Waals surface area contributed by atoms with Crippen LogP contribution in [0.2, 0.25) is 0 Å². The van der Waals surface area contributed by atoms with Crippen LogP contribution in [0.1, 0.15) is 1.43 Å². The van der Waals surface area contributed by atoms with Crippen LogP contribution in [0.5, 0.6) is 5.75 Å². The quantitative estimate of drug-likeness (QED) is 0.171. The number of benzene rings is 1. The number of anilines is 1. The van der Waals surface area contributed by atoms with Crippen LogP contribution in [0.25, 0.3) is 0 Å². The first-order chi connectivity index (χ1) is 5.13. The van der Waals surface area contributed by atoms with Crippen LogP contribution in [-0.4, -0.2) is 10.0 Å². The molecule has 0 aliphatic rings. The Hall–Kier alpha value is -0.780.